The Balaban J connectivity index is 2.07. The smallest absolute Gasteiger partial charge is 0.254 e. The van der Waals surface area contributed by atoms with Crippen molar-refractivity contribution in [2.45, 2.75) is 26.4 Å². The first-order chi connectivity index (χ1) is 8.99. The number of likely N-dealkylation sites (N-methyl/N-ethyl adjacent to an activating group) is 1. The van der Waals surface area contributed by atoms with Gasteiger partial charge in [-0.15, -0.1) is 0 Å². The van der Waals surface area contributed by atoms with Gasteiger partial charge >= 0.3 is 0 Å². The zero-order valence-corrected chi connectivity index (χ0v) is 13.7. The first-order valence-corrected chi connectivity index (χ1v) is 7.39. The molecule has 1 aromatic carbocycles. The molecule has 0 aromatic heterocycles. The molecule has 2 rings (SSSR count). The van der Waals surface area contributed by atoms with Gasteiger partial charge < -0.3 is 9.64 Å². The summed E-state index contributed by atoms with van der Waals surface area (Å²) in [4.78, 5) is 14.1. The first-order valence-electron chi connectivity index (χ1n) is 6.42. The van der Waals surface area contributed by atoms with Crippen LogP contribution in [0.15, 0.2) is 18.2 Å². The molecule has 0 bridgehead atoms. The molecule has 19 heavy (non-hydrogen) atoms. The molecular formula is C14H19IN2O2. The lowest BCUT2D eigenvalue weighted by atomic mass is 10.1. The Morgan fingerprint density at radius 1 is 1.47 bits per heavy atom. The summed E-state index contributed by atoms with van der Waals surface area (Å²) < 4.78 is 7.71. The third kappa shape index (κ3) is 3.39. The fraction of sp³-hybridized carbons (Fsp3) is 0.500. The van der Waals surface area contributed by atoms with Gasteiger partial charge in [0.05, 0.1) is 0 Å². The topological polar surface area (TPSA) is 32.8 Å². The molecule has 1 heterocycles. The number of rotatable bonds is 5. The number of amides is 1. The van der Waals surface area contributed by atoms with Gasteiger partial charge in [-0.3, -0.25) is 4.79 Å². The zero-order valence-electron chi connectivity index (χ0n) is 11.5. The Hall–Kier alpha value is -0.820. The third-order valence-corrected chi connectivity index (χ3v) is 3.69. The number of carbonyl (C=O) groups excluding carboxylic acids is 1. The van der Waals surface area contributed by atoms with Gasteiger partial charge in [0.2, 0.25) is 0 Å². The SMILES string of the molecule is CC(C)N1Cc2ccc(OCCN(C)I)cc2C1=O. The van der Waals surface area contributed by atoms with E-state index in [-0.39, 0.29) is 11.9 Å². The van der Waals surface area contributed by atoms with Crippen molar-refractivity contribution in [2.24, 2.45) is 0 Å². The number of carbonyl (C=O) groups is 1. The predicted molar refractivity (Wildman–Crippen MR) is 83.6 cm³/mol. The van der Waals surface area contributed by atoms with Crippen molar-refractivity contribution < 1.29 is 9.53 Å². The highest BCUT2D eigenvalue weighted by molar-refractivity contribution is 14.1. The largest absolute Gasteiger partial charge is 0.492 e. The molecule has 104 valence electrons. The monoisotopic (exact) mass is 374 g/mol. The van der Waals surface area contributed by atoms with Gasteiger partial charge in [0.15, 0.2) is 0 Å². The Labute approximate surface area is 128 Å². The summed E-state index contributed by atoms with van der Waals surface area (Å²) in [5.74, 6) is 0.886. The predicted octanol–water partition coefficient (Wildman–Crippen LogP) is 2.71. The molecule has 0 N–H and O–H groups in total. The molecular weight excluding hydrogens is 355 g/mol. The summed E-state index contributed by atoms with van der Waals surface area (Å²) in [6.07, 6.45) is 0. The lowest BCUT2D eigenvalue weighted by molar-refractivity contribution is 0.0730. The third-order valence-electron chi connectivity index (χ3n) is 3.20. The Morgan fingerprint density at radius 3 is 2.84 bits per heavy atom. The molecule has 1 aliphatic rings. The molecule has 0 radical (unpaired) electrons. The van der Waals surface area contributed by atoms with E-state index in [1.54, 1.807) is 0 Å². The quantitative estimate of drug-likeness (QED) is 0.587. The van der Waals surface area contributed by atoms with Crippen LogP contribution in [0.1, 0.15) is 29.8 Å². The van der Waals surface area contributed by atoms with E-state index < -0.39 is 0 Å². The summed E-state index contributed by atoms with van der Waals surface area (Å²) in [6.45, 7) is 6.27. The molecule has 0 fully saturated rings. The van der Waals surface area contributed by atoms with Crippen LogP contribution >= 0.6 is 22.9 Å². The summed E-state index contributed by atoms with van der Waals surface area (Å²) >= 11 is 2.22. The molecule has 5 heteroatoms. The van der Waals surface area contributed by atoms with Crippen molar-refractivity contribution >= 4 is 28.8 Å². The number of fused-ring (bicyclic) bond motifs is 1. The lowest BCUT2D eigenvalue weighted by Crippen LogP contribution is -2.30. The maximum Gasteiger partial charge on any atom is 0.254 e. The second-order valence-corrected chi connectivity index (χ2v) is 6.67. The van der Waals surface area contributed by atoms with E-state index in [9.17, 15) is 4.79 Å². The summed E-state index contributed by atoms with van der Waals surface area (Å²) in [7, 11) is 2.00. The van der Waals surface area contributed by atoms with Gasteiger partial charge in [-0.1, -0.05) is 6.07 Å². The molecule has 0 saturated carbocycles. The van der Waals surface area contributed by atoms with Crippen LogP contribution in [0.25, 0.3) is 0 Å². The fourth-order valence-electron chi connectivity index (χ4n) is 2.10. The van der Waals surface area contributed by atoms with Gasteiger partial charge in [-0.2, -0.15) is 0 Å². The Kier molecular flexibility index (Phi) is 4.67. The maximum absolute atomic E-state index is 12.2. The average molecular weight is 374 g/mol. The van der Waals surface area contributed by atoms with Gasteiger partial charge in [0.1, 0.15) is 12.4 Å². The van der Waals surface area contributed by atoms with E-state index >= 15 is 0 Å². The van der Waals surface area contributed by atoms with Crippen LogP contribution in [-0.2, 0) is 6.54 Å². The van der Waals surface area contributed by atoms with E-state index in [1.165, 1.54) is 0 Å². The van der Waals surface area contributed by atoms with E-state index in [2.05, 4.69) is 22.9 Å². The zero-order chi connectivity index (χ0) is 14.0. The van der Waals surface area contributed by atoms with Crippen LogP contribution in [0.4, 0.5) is 0 Å². The molecule has 1 aliphatic heterocycles. The van der Waals surface area contributed by atoms with Crippen LogP contribution in [0, 0.1) is 0 Å². The number of hydrogen-bond donors (Lipinski definition) is 0. The van der Waals surface area contributed by atoms with Crippen LogP contribution in [0.3, 0.4) is 0 Å². The maximum atomic E-state index is 12.2. The van der Waals surface area contributed by atoms with E-state index in [1.807, 2.05) is 47.1 Å². The van der Waals surface area contributed by atoms with Crippen LogP contribution in [-0.4, -0.2) is 40.2 Å². The lowest BCUT2D eigenvalue weighted by Gasteiger charge is -2.19. The van der Waals surface area contributed by atoms with Crippen molar-refractivity contribution in [3.63, 3.8) is 0 Å². The number of nitrogens with zero attached hydrogens (tertiary/aromatic N) is 2. The van der Waals surface area contributed by atoms with Crippen LogP contribution in [0.5, 0.6) is 5.75 Å². The molecule has 0 spiro atoms. The van der Waals surface area contributed by atoms with Crippen molar-refractivity contribution in [1.82, 2.24) is 8.01 Å². The molecule has 0 unspecified atom stereocenters. The minimum Gasteiger partial charge on any atom is -0.492 e. The normalized spacial score (nSPS) is 14.4. The van der Waals surface area contributed by atoms with Crippen LogP contribution in [0.2, 0.25) is 0 Å². The summed E-state index contributed by atoms with van der Waals surface area (Å²) in [6, 6.07) is 6.05. The van der Waals surface area contributed by atoms with E-state index in [0.29, 0.717) is 13.2 Å². The Bertz CT molecular complexity index is 475. The van der Waals surface area contributed by atoms with Gasteiger partial charge in [0, 0.05) is 47.6 Å². The van der Waals surface area contributed by atoms with Gasteiger partial charge in [-0.25, -0.2) is 3.11 Å². The fourth-order valence-corrected chi connectivity index (χ4v) is 2.30. The molecule has 0 saturated heterocycles. The minimum absolute atomic E-state index is 0.112. The van der Waals surface area contributed by atoms with Crippen molar-refractivity contribution in [3.8, 4) is 5.75 Å². The first kappa shape index (κ1) is 14.6. The Morgan fingerprint density at radius 2 is 2.21 bits per heavy atom. The molecule has 1 amide bonds. The highest BCUT2D eigenvalue weighted by Gasteiger charge is 2.29. The van der Waals surface area contributed by atoms with Gasteiger partial charge in [0.25, 0.3) is 5.91 Å². The van der Waals surface area contributed by atoms with Crippen molar-refractivity contribution in [2.75, 3.05) is 20.2 Å². The van der Waals surface area contributed by atoms with Crippen molar-refractivity contribution in [1.29, 1.82) is 0 Å². The second kappa shape index (κ2) is 6.09. The summed E-state index contributed by atoms with van der Waals surface area (Å²) in [5, 5.41) is 0. The highest BCUT2D eigenvalue weighted by atomic mass is 127. The van der Waals surface area contributed by atoms with Gasteiger partial charge in [-0.05, 0) is 38.6 Å². The van der Waals surface area contributed by atoms with E-state index in [0.717, 1.165) is 23.4 Å². The highest BCUT2D eigenvalue weighted by Crippen LogP contribution is 2.28. The molecule has 0 aliphatic carbocycles. The van der Waals surface area contributed by atoms with Crippen molar-refractivity contribution in [3.05, 3.63) is 29.3 Å². The van der Waals surface area contributed by atoms with E-state index in [4.69, 9.17) is 4.74 Å². The molecule has 1 aromatic rings. The molecule has 4 nitrogen and oxygen atoms in total. The number of ether oxygens (including phenoxy) is 1. The average Bonchev–Trinajstić information content (AvgIpc) is 2.67. The van der Waals surface area contributed by atoms with Crippen LogP contribution < -0.4 is 4.74 Å². The summed E-state index contributed by atoms with van der Waals surface area (Å²) in [5.41, 5.74) is 1.88. The minimum atomic E-state index is 0.112. The number of benzene rings is 1. The standard InChI is InChI=1S/C14H19IN2O2/c1-10(2)17-9-11-4-5-12(8-13(11)14(17)18)19-7-6-16(3)15/h4-5,8,10H,6-7,9H2,1-3H3. The second-order valence-electron chi connectivity index (χ2n) is 5.02. The molecule has 0 atom stereocenters. The number of halogens is 1. The number of hydrogen-bond acceptors (Lipinski definition) is 3.